The molecule has 0 fully saturated rings. The number of rotatable bonds is 7. The highest BCUT2D eigenvalue weighted by Crippen LogP contribution is 2.30. The third-order valence-electron chi connectivity index (χ3n) is 2.38. The van der Waals surface area contributed by atoms with Crippen molar-refractivity contribution in [1.29, 1.82) is 0 Å². The summed E-state index contributed by atoms with van der Waals surface area (Å²) in [6, 6.07) is 0. The number of ketones is 1. The molecule has 0 amide bonds. The van der Waals surface area contributed by atoms with Gasteiger partial charge in [-0.15, -0.1) is 0 Å². The number of carbonyl (C=O) groups is 1. The highest BCUT2D eigenvalue weighted by Gasteiger charge is 2.46. The van der Waals surface area contributed by atoms with E-state index >= 15 is 0 Å². The molecule has 5 heteroatoms. The zero-order chi connectivity index (χ0) is 11.2. The van der Waals surface area contributed by atoms with Crippen molar-refractivity contribution in [3.05, 3.63) is 0 Å². The van der Waals surface area contributed by atoms with E-state index in [1.165, 1.54) is 0 Å². The minimum atomic E-state index is -2.63. The van der Waals surface area contributed by atoms with Crippen LogP contribution in [0.4, 0.5) is 0 Å². The number of Topliss-reactive ketones (excluding diaryl/α,β-unsaturated/α-hetero) is 1. The number of carbonyl (C=O) groups excluding carboxylic acids is 1. The van der Waals surface area contributed by atoms with E-state index in [0.29, 0.717) is 6.42 Å². The lowest BCUT2D eigenvalue weighted by molar-refractivity contribution is -0.117. The Hall–Kier alpha value is -0.233. The standard InChI is InChI=1S/C9H20O4Si/c1-6-9(7-8(2)10)14(11-3,12-4)13-5/h9H,6-7H2,1-5H3. The Balaban J connectivity index is 4.64. The Morgan fingerprint density at radius 2 is 1.64 bits per heavy atom. The van der Waals surface area contributed by atoms with E-state index in [2.05, 4.69) is 0 Å². The van der Waals surface area contributed by atoms with Gasteiger partial charge in [-0.1, -0.05) is 6.92 Å². The van der Waals surface area contributed by atoms with Gasteiger partial charge in [0.2, 0.25) is 0 Å². The molecule has 0 aromatic carbocycles. The molecule has 0 aliphatic rings. The molecule has 0 radical (unpaired) electrons. The maximum atomic E-state index is 11.1. The van der Waals surface area contributed by atoms with Gasteiger partial charge in [-0.25, -0.2) is 0 Å². The van der Waals surface area contributed by atoms with E-state index in [1.54, 1.807) is 28.3 Å². The summed E-state index contributed by atoms with van der Waals surface area (Å²) in [6.45, 7) is 3.58. The summed E-state index contributed by atoms with van der Waals surface area (Å²) < 4.78 is 16.0. The largest absolute Gasteiger partial charge is 0.503 e. The van der Waals surface area contributed by atoms with Crippen molar-refractivity contribution < 1.29 is 18.1 Å². The molecule has 0 aliphatic carbocycles. The average molecular weight is 220 g/mol. The Bertz CT molecular complexity index is 171. The third-order valence-corrected chi connectivity index (χ3v) is 5.70. The first kappa shape index (κ1) is 13.8. The maximum Gasteiger partial charge on any atom is 0.503 e. The second-order valence-corrected chi connectivity index (χ2v) is 6.48. The van der Waals surface area contributed by atoms with Crippen LogP contribution >= 0.6 is 0 Å². The van der Waals surface area contributed by atoms with Crippen LogP contribution in [0.15, 0.2) is 0 Å². The number of hydrogen-bond donors (Lipinski definition) is 0. The summed E-state index contributed by atoms with van der Waals surface area (Å²) in [4.78, 5) is 11.1. The van der Waals surface area contributed by atoms with Crippen molar-refractivity contribution in [3.63, 3.8) is 0 Å². The lowest BCUT2D eigenvalue weighted by atomic mass is 10.2. The van der Waals surface area contributed by atoms with Crippen LogP contribution in [0.5, 0.6) is 0 Å². The number of hydrogen-bond acceptors (Lipinski definition) is 4. The molecule has 0 aliphatic heterocycles. The predicted octanol–water partition coefficient (Wildman–Crippen LogP) is 1.62. The van der Waals surface area contributed by atoms with Crippen LogP contribution in [0, 0.1) is 0 Å². The summed E-state index contributed by atoms with van der Waals surface area (Å²) in [5, 5.41) is 0. The minimum Gasteiger partial charge on any atom is -0.377 e. The summed E-state index contributed by atoms with van der Waals surface area (Å²) >= 11 is 0. The Labute approximate surface area is 86.9 Å². The molecule has 1 atom stereocenters. The summed E-state index contributed by atoms with van der Waals surface area (Å²) in [7, 11) is 2.08. The predicted molar refractivity (Wildman–Crippen MR) is 56.1 cm³/mol. The fourth-order valence-electron chi connectivity index (χ4n) is 1.62. The third kappa shape index (κ3) is 3.16. The lowest BCUT2D eigenvalue weighted by Crippen LogP contribution is -2.48. The van der Waals surface area contributed by atoms with E-state index < -0.39 is 8.80 Å². The first-order valence-corrected chi connectivity index (χ1v) is 6.51. The first-order chi connectivity index (χ1) is 6.56. The van der Waals surface area contributed by atoms with Crippen LogP contribution in [-0.4, -0.2) is 35.9 Å². The van der Waals surface area contributed by atoms with Crippen LogP contribution in [0.2, 0.25) is 5.54 Å². The lowest BCUT2D eigenvalue weighted by Gasteiger charge is -2.31. The molecule has 0 saturated heterocycles. The monoisotopic (exact) mass is 220 g/mol. The summed E-state index contributed by atoms with van der Waals surface area (Å²) in [5.41, 5.74) is 0.0556. The van der Waals surface area contributed by atoms with Crippen molar-refractivity contribution in [2.24, 2.45) is 0 Å². The van der Waals surface area contributed by atoms with E-state index in [4.69, 9.17) is 13.3 Å². The molecule has 0 aromatic rings. The van der Waals surface area contributed by atoms with Crippen LogP contribution in [0.25, 0.3) is 0 Å². The topological polar surface area (TPSA) is 44.8 Å². The van der Waals surface area contributed by atoms with E-state index in [-0.39, 0.29) is 11.3 Å². The quantitative estimate of drug-likeness (QED) is 0.612. The SMILES string of the molecule is CCC(CC(C)=O)[Si](OC)(OC)OC. The fourth-order valence-corrected chi connectivity index (χ4v) is 4.15. The fraction of sp³-hybridized carbons (Fsp3) is 0.889. The van der Waals surface area contributed by atoms with Gasteiger partial charge in [-0.2, -0.15) is 0 Å². The second-order valence-electron chi connectivity index (χ2n) is 3.23. The summed E-state index contributed by atoms with van der Waals surface area (Å²) in [5.74, 6) is 0.139. The molecular weight excluding hydrogens is 200 g/mol. The van der Waals surface area contributed by atoms with Gasteiger partial charge in [0.05, 0.1) is 0 Å². The molecule has 4 nitrogen and oxygen atoms in total. The van der Waals surface area contributed by atoms with Gasteiger partial charge in [0.1, 0.15) is 5.78 Å². The van der Waals surface area contributed by atoms with E-state index in [0.717, 1.165) is 6.42 Å². The molecule has 1 unspecified atom stereocenters. The molecule has 0 N–H and O–H groups in total. The minimum absolute atomic E-state index is 0.0556. The van der Waals surface area contributed by atoms with Crippen LogP contribution in [0.3, 0.4) is 0 Å². The Kier molecular flexibility index (Phi) is 6.18. The highest BCUT2D eigenvalue weighted by atomic mass is 28.4. The van der Waals surface area contributed by atoms with Gasteiger partial charge in [-0.05, 0) is 13.3 Å². The second kappa shape index (κ2) is 6.29. The van der Waals surface area contributed by atoms with Crippen LogP contribution in [0.1, 0.15) is 26.7 Å². The molecule has 0 spiro atoms. The Morgan fingerprint density at radius 1 is 1.21 bits per heavy atom. The zero-order valence-electron chi connectivity index (χ0n) is 9.62. The molecule has 0 saturated carbocycles. The van der Waals surface area contributed by atoms with Crippen molar-refractivity contribution in [2.45, 2.75) is 32.2 Å². The van der Waals surface area contributed by atoms with Crippen molar-refractivity contribution >= 4 is 14.6 Å². The Morgan fingerprint density at radius 3 is 1.86 bits per heavy atom. The van der Waals surface area contributed by atoms with E-state index in [1.807, 2.05) is 6.92 Å². The maximum absolute atomic E-state index is 11.1. The van der Waals surface area contributed by atoms with Crippen LogP contribution < -0.4 is 0 Å². The normalized spacial score (nSPS) is 14.1. The van der Waals surface area contributed by atoms with Crippen molar-refractivity contribution in [2.75, 3.05) is 21.3 Å². The van der Waals surface area contributed by atoms with Crippen LogP contribution in [-0.2, 0) is 18.1 Å². The molecule has 0 heterocycles. The van der Waals surface area contributed by atoms with Gasteiger partial charge in [0.15, 0.2) is 0 Å². The highest BCUT2D eigenvalue weighted by molar-refractivity contribution is 6.62. The van der Waals surface area contributed by atoms with Gasteiger partial charge in [0, 0.05) is 33.3 Å². The van der Waals surface area contributed by atoms with Crippen molar-refractivity contribution in [3.8, 4) is 0 Å². The smallest absolute Gasteiger partial charge is 0.377 e. The molecule has 84 valence electrons. The van der Waals surface area contributed by atoms with Gasteiger partial charge >= 0.3 is 8.80 Å². The van der Waals surface area contributed by atoms with Gasteiger partial charge in [-0.3, -0.25) is 0 Å². The molecule has 0 aromatic heterocycles. The zero-order valence-corrected chi connectivity index (χ0v) is 10.6. The molecule has 0 bridgehead atoms. The van der Waals surface area contributed by atoms with E-state index in [9.17, 15) is 4.79 Å². The molecule has 14 heavy (non-hydrogen) atoms. The first-order valence-electron chi connectivity index (χ1n) is 4.71. The van der Waals surface area contributed by atoms with Crippen molar-refractivity contribution in [1.82, 2.24) is 0 Å². The van der Waals surface area contributed by atoms with Gasteiger partial charge < -0.3 is 18.1 Å². The summed E-state index contributed by atoms with van der Waals surface area (Å²) in [6.07, 6.45) is 1.28. The molecular formula is C9H20O4Si. The molecule has 0 rings (SSSR count). The average Bonchev–Trinajstić information content (AvgIpc) is 2.19. The van der Waals surface area contributed by atoms with Gasteiger partial charge in [0.25, 0.3) is 0 Å².